The zero-order valence-electron chi connectivity index (χ0n) is 7.67. The fourth-order valence-electron chi connectivity index (χ4n) is 0.831. The molecule has 0 aromatic heterocycles. The fraction of sp³-hybridized carbons (Fsp3) is 0.100. The smallest absolute Gasteiger partial charge is 0.384 e. The van der Waals surface area contributed by atoms with E-state index in [9.17, 15) is 13.6 Å². The molecule has 1 N–H and O–H groups in total. The Balaban J connectivity index is 3.13. The molecule has 0 saturated carbocycles. The number of carbonyl (C=O) groups excluding carboxylic acids is 1. The summed E-state index contributed by atoms with van der Waals surface area (Å²) in [5.74, 6) is 0.345. The molecule has 0 aliphatic rings. The van der Waals surface area contributed by atoms with Crippen molar-refractivity contribution in [2.75, 3.05) is 7.11 Å². The number of hydrogen-bond acceptors (Lipinski definition) is 3. The van der Waals surface area contributed by atoms with Crippen LogP contribution >= 0.6 is 0 Å². The van der Waals surface area contributed by atoms with Crippen molar-refractivity contribution in [3.63, 3.8) is 0 Å². The maximum atomic E-state index is 12.8. The van der Waals surface area contributed by atoms with Gasteiger partial charge in [0.2, 0.25) is 0 Å². The predicted octanol–water partition coefficient (Wildman–Crippen LogP) is 1.19. The van der Waals surface area contributed by atoms with Crippen LogP contribution in [0.5, 0.6) is 5.75 Å². The van der Waals surface area contributed by atoms with Crippen LogP contribution in [0.3, 0.4) is 0 Å². The molecular formula is C10H6F2O3. The summed E-state index contributed by atoms with van der Waals surface area (Å²) in [6.45, 7) is 0. The largest absolute Gasteiger partial charge is 0.504 e. The number of ether oxygens (including phenoxy) is 1. The molecule has 78 valence electrons. The Morgan fingerprint density at radius 2 is 2.13 bits per heavy atom. The summed E-state index contributed by atoms with van der Waals surface area (Å²) in [6, 6.07) is 1.33. The summed E-state index contributed by atoms with van der Waals surface area (Å²) in [5, 5.41) is 9.11. The number of esters is 1. The van der Waals surface area contributed by atoms with Crippen molar-refractivity contribution in [2.45, 2.75) is 0 Å². The van der Waals surface area contributed by atoms with Gasteiger partial charge in [0.25, 0.3) is 0 Å². The lowest BCUT2D eigenvalue weighted by Gasteiger charge is -1.98. The molecule has 0 aliphatic heterocycles. The fourth-order valence-corrected chi connectivity index (χ4v) is 0.831. The average molecular weight is 212 g/mol. The lowest BCUT2D eigenvalue weighted by molar-refractivity contribution is -0.133. The molecule has 1 rings (SSSR count). The molecule has 1 aromatic rings. The maximum absolute atomic E-state index is 12.8. The lowest BCUT2D eigenvalue weighted by atomic mass is 10.2. The molecule has 0 bridgehead atoms. The van der Waals surface area contributed by atoms with Crippen LogP contribution in [0, 0.1) is 23.5 Å². The molecule has 0 aliphatic carbocycles. The van der Waals surface area contributed by atoms with Crippen LogP contribution in [0.2, 0.25) is 0 Å². The first-order chi connectivity index (χ1) is 7.04. The molecule has 0 heterocycles. The summed E-state index contributed by atoms with van der Waals surface area (Å²) in [6.07, 6.45) is 0. The highest BCUT2D eigenvalue weighted by molar-refractivity contribution is 5.89. The SMILES string of the molecule is COC(=O)C#Cc1cc(F)cc(F)c1O. The van der Waals surface area contributed by atoms with E-state index in [2.05, 4.69) is 10.7 Å². The zero-order chi connectivity index (χ0) is 11.4. The summed E-state index contributed by atoms with van der Waals surface area (Å²) in [7, 11) is 1.11. The number of rotatable bonds is 0. The van der Waals surface area contributed by atoms with Crippen LogP contribution < -0.4 is 0 Å². The normalized spacial score (nSPS) is 9.00. The van der Waals surface area contributed by atoms with Crippen molar-refractivity contribution < 1.29 is 23.4 Å². The summed E-state index contributed by atoms with van der Waals surface area (Å²) < 4.78 is 29.6. The molecular weight excluding hydrogens is 206 g/mol. The van der Waals surface area contributed by atoms with Gasteiger partial charge in [-0.2, -0.15) is 0 Å². The molecule has 0 saturated heterocycles. The van der Waals surface area contributed by atoms with E-state index in [4.69, 9.17) is 5.11 Å². The van der Waals surface area contributed by atoms with Crippen molar-refractivity contribution in [2.24, 2.45) is 0 Å². The maximum Gasteiger partial charge on any atom is 0.384 e. The molecule has 1 aromatic carbocycles. The van der Waals surface area contributed by atoms with E-state index in [0.29, 0.717) is 6.07 Å². The van der Waals surface area contributed by atoms with Crippen molar-refractivity contribution in [1.82, 2.24) is 0 Å². The average Bonchev–Trinajstić information content (AvgIpc) is 2.20. The molecule has 15 heavy (non-hydrogen) atoms. The Bertz CT molecular complexity index is 458. The highest BCUT2D eigenvalue weighted by Crippen LogP contribution is 2.21. The molecule has 0 atom stereocenters. The molecule has 3 nitrogen and oxygen atoms in total. The van der Waals surface area contributed by atoms with Gasteiger partial charge in [-0.15, -0.1) is 0 Å². The Morgan fingerprint density at radius 1 is 1.47 bits per heavy atom. The van der Waals surface area contributed by atoms with Crippen LogP contribution in [-0.2, 0) is 9.53 Å². The third-order valence-electron chi connectivity index (χ3n) is 1.51. The summed E-state index contributed by atoms with van der Waals surface area (Å²) >= 11 is 0. The van der Waals surface area contributed by atoms with Gasteiger partial charge in [0.15, 0.2) is 11.6 Å². The number of hydrogen-bond donors (Lipinski definition) is 1. The van der Waals surface area contributed by atoms with Crippen LogP contribution in [0.4, 0.5) is 8.78 Å². The summed E-state index contributed by atoms with van der Waals surface area (Å²) in [4.78, 5) is 10.6. The van der Waals surface area contributed by atoms with E-state index < -0.39 is 23.4 Å². The van der Waals surface area contributed by atoms with Crippen molar-refractivity contribution >= 4 is 5.97 Å². The first-order valence-corrected chi connectivity index (χ1v) is 3.82. The standard InChI is InChI=1S/C10H6F2O3/c1-15-9(13)3-2-6-4-7(11)5-8(12)10(6)14/h4-5,14H,1H3. The van der Waals surface area contributed by atoms with Crippen LogP contribution in [0.15, 0.2) is 12.1 Å². The number of halogens is 2. The molecule has 0 amide bonds. The Morgan fingerprint density at radius 3 is 2.73 bits per heavy atom. The molecule has 0 fully saturated rings. The predicted molar refractivity (Wildman–Crippen MR) is 46.9 cm³/mol. The minimum absolute atomic E-state index is 0.307. The first kappa shape index (κ1) is 11.0. The lowest BCUT2D eigenvalue weighted by Crippen LogP contribution is -1.95. The second-order valence-electron chi connectivity index (χ2n) is 2.53. The quantitative estimate of drug-likeness (QED) is 0.519. The van der Waals surface area contributed by atoms with E-state index in [1.54, 1.807) is 0 Å². The van der Waals surface area contributed by atoms with Gasteiger partial charge in [0.05, 0.1) is 12.7 Å². The molecule has 0 spiro atoms. The van der Waals surface area contributed by atoms with Gasteiger partial charge in [-0.3, -0.25) is 0 Å². The molecule has 0 unspecified atom stereocenters. The van der Waals surface area contributed by atoms with Gasteiger partial charge in [0.1, 0.15) is 5.82 Å². The molecule has 0 radical (unpaired) electrons. The highest BCUT2D eigenvalue weighted by Gasteiger charge is 2.08. The minimum atomic E-state index is -1.14. The molecule has 5 heteroatoms. The van der Waals surface area contributed by atoms with Crippen molar-refractivity contribution in [3.05, 3.63) is 29.3 Å². The topological polar surface area (TPSA) is 46.5 Å². The minimum Gasteiger partial charge on any atom is -0.504 e. The van der Waals surface area contributed by atoms with Gasteiger partial charge in [-0.1, -0.05) is 5.92 Å². The van der Waals surface area contributed by atoms with Gasteiger partial charge in [-0.05, 0) is 6.07 Å². The van der Waals surface area contributed by atoms with E-state index in [1.165, 1.54) is 0 Å². The van der Waals surface area contributed by atoms with Crippen LogP contribution in [0.1, 0.15) is 5.56 Å². The van der Waals surface area contributed by atoms with Crippen LogP contribution in [0.25, 0.3) is 0 Å². The second-order valence-corrected chi connectivity index (χ2v) is 2.53. The zero-order valence-corrected chi connectivity index (χ0v) is 7.67. The number of phenols is 1. The monoisotopic (exact) mass is 212 g/mol. The van der Waals surface area contributed by atoms with Crippen molar-refractivity contribution in [3.8, 4) is 17.6 Å². The van der Waals surface area contributed by atoms with Gasteiger partial charge >= 0.3 is 5.97 Å². The van der Waals surface area contributed by atoms with Crippen LogP contribution in [-0.4, -0.2) is 18.2 Å². The third-order valence-corrected chi connectivity index (χ3v) is 1.51. The van der Waals surface area contributed by atoms with Gasteiger partial charge in [-0.25, -0.2) is 13.6 Å². The number of benzene rings is 1. The van der Waals surface area contributed by atoms with Gasteiger partial charge in [0, 0.05) is 12.0 Å². The second kappa shape index (κ2) is 4.42. The van der Waals surface area contributed by atoms with Gasteiger partial charge < -0.3 is 9.84 Å². The van der Waals surface area contributed by atoms with E-state index in [-0.39, 0.29) is 5.56 Å². The number of phenolic OH excluding ortho intramolecular Hbond substituents is 1. The Kier molecular flexibility index (Phi) is 3.24. The highest BCUT2D eigenvalue weighted by atomic mass is 19.1. The van der Waals surface area contributed by atoms with Crippen molar-refractivity contribution in [1.29, 1.82) is 0 Å². The first-order valence-electron chi connectivity index (χ1n) is 3.82. The Labute approximate surface area is 84.3 Å². The van der Waals surface area contributed by atoms with E-state index >= 15 is 0 Å². The number of carbonyl (C=O) groups is 1. The summed E-state index contributed by atoms with van der Waals surface area (Å²) in [5.41, 5.74) is -0.307. The number of methoxy groups -OCH3 is 1. The Hall–Kier alpha value is -2.09. The number of aromatic hydroxyl groups is 1. The van der Waals surface area contributed by atoms with E-state index in [0.717, 1.165) is 13.2 Å². The third kappa shape index (κ3) is 2.68. The van der Waals surface area contributed by atoms with E-state index in [1.807, 2.05) is 5.92 Å².